The molecule has 0 aliphatic rings. The molecule has 0 saturated heterocycles. The van der Waals surface area contributed by atoms with Crippen molar-refractivity contribution in [1.29, 1.82) is 0 Å². The summed E-state index contributed by atoms with van der Waals surface area (Å²) in [7, 11) is 0. The van der Waals surface area contributed by atoms with Crippen molar-refractivity contribution >= 4 is 27.3 Å². The van der Waals surface area contributed by atoms with Gasteiger partial charge in [-0.2, -0.15) is 5.10 Å². The first kappa shape index (κ1) is 10.8. The first-order valence-corrected chi connectivity index (χ1v) is 6.20. The molecule has 2 rings (SSSR count). The summed E-state index contributed by atoms with van der Waals surface area (Å²) in [6.07, 6.45) is 1.71. The van der Waals surface area contributed by atoms with Crippen molar-refractivity contribution in [2.24, 2.45) is 5.73 Å². The Balaban J connectivity index is 2.11. The van der Waals surface area contributed by atoms with E-state index in [4.69, 9.17) is 5.73 Å². The Bertz CT molecular complexity index is 448. The maximum absolute atomic E-state index is 5.68. The molecule has 1 unspecified atom stereocenters. The second-order valence-corrected chi connectivity index (χ2v) is 5.23. The molecule has 0 spiro atoms. The van der Waals surface area contributed by atoms with Crippen molar-refractivity contribution in [1.82, 2.24) is 14.8 Å². The molecule has 6 heteroatoms. The van der Waals surface area contributed by atoms with Crippen LogP contribution in [0.2, 0.25) is 0 Å². The van der Waals surface area contributed by atoms with Crippen molar-refractivity contribution in [3.05, 3.63) is 32.9 Å². The fourth-order valence-electron chi connectivity index (χ4n) is 1.19. The highest BCUT2D eigenvalue weighted by atomic mass is 79.9. The van der Waals surface area contributed by atoms with Gasteiger partial charge in [0.15, 0.2) is 5.82 Å². The number of rotatable bonds is 3. The van der Waals surface area contributed by atoms with E-state index in [0.29, 0.717) is 5.82 Å². The quantitative estimate of drug-likeness (QED) is 0.941. The molecule has 2 heterocycles. The average Bonchev–Trinajstić information content (AvgIpc) is 2.76. The SMILES string of the molecule is CC(N)c1ncn(Cc2cc(Br)cs2)n1. The lowest BCUT2D eigenvalue weighted by Crippen LogP contribution is -2.08. The van der Waals surface area contributed by atoms with Crippen LogP contribution in [-0.4, -0.2) is 14.8 Å². The smallest absolute Gasteiger partial charge is 0.166 e. The first-order chi connectivity index (χ1) is 7.15. The number of thiophene rings is 1. The zero-order valence-corrected chi connectivity index (χ0v) is 10.6. The van der Waals surface area contributed by atoms with Crippen LogP contribution in [0.25, 0.3) is 0 Å². The molecule has 4 nitrogen and oxygen atoms in total. The molecular formula is C9H11BrN4S. The van der Waals surface area contributed by atoms with E-state index >= 15 is 0 Å². The van der Waals surface area contributed by atoms with Gasteiger partial charge in [0.1, 0.15) is 6.33 Å². The van der Waals surface area contributed by atoms with Crippen molar-refractivity contribution in [3.8, 4) is 0 Å². The zero-order valence-electron chi connectivity index (χ0n) is 8.22. The first-order valence-electron chi connectivity index (χ1n) is 4.53. The van der Waals surface area contributed by atoms with E-state index in [1.54, 1.807) is 22.3 Å². The number of nitrogens with zero attached hydrogens (tertiary/aromatic N) is 3. The van der Waals surface area contributed by atoms with Crippen molar-refractivity contribution in [2.45, 2.75) is 19.5 Å². The number of nitrogens with two attached hydrogens (primary N) is 1. The van der Waals surface area contributed by atoms with Crippen LogP contribution < -0.4 is 5.73 Å². The van der Waals surface area contributed by atoms with Crippen LogP contribution in [-0.2, 0) is 6.54 Å². The minimum absolute atomic E-state index is 0.110. The Morgan fingerprint density at radius 3 is 3.00 bits per heavy atom. The predicted octanol–water partition coefficient (Wildman–Crippen LogP) is 2.17. The van der Waals surface area contributed by atoms with E-state index in [1.807, 2.05) is 6.92 Å². The Morgan fingerprint density at radius 1 is 1.67 bits per heavy atom. The molecule has 15 heavy (non-hydrogen) atoms. The molecule has 0 fully saturated rings. The van der Waals surface area contributed by atoms with Crippen molar-refractivity contribution in [2.75, 3.05) is 0 Å². The molecule has 0 saturated carbocycles. The molecular weight excluding hydrogens is 276 g/mol. The van der Waals surface area contributed by atoms with Gasteiger partial charge in [0.05, 0.1) is 12.6 Å². The minimum Gasteiger partial charge on any atom is -0.321 e. The summed E-state index contributed by atoms with van der Waals surface area (Å²) in [6, 6.07) is 1.97. The Hall–Kier alpha value is -0.720. The summed E-state index contributed by atoms with van der Waals surface area (Å²) in [5.41, 5.74) is 5.68. The van der Waals surface area contributed by atoms with Crippen LogP contribution in [0.5, 0.6) is 0 Å². The average molecular weight is 287 g/mol. The number of hydrogen-bond acceptors (Lipinski definition) is 4. The van der Waals surface area contributed by atoms with Gasteiger partial charge in [0.2, 0.25) is 0 Å². The number of aromatic nitrogens is 3. The fraction of sp³-hybridized carbons (Fsp3) is 0.333. The molecule has 0 bridgehead atoms. The van der Waals surface area contributed by atoms with Crippen molar-refractivity contribution < 1.29 is 0 Å². The van der Waals surface area contributed by atoms with E-state index in [-0.39, 0.29) is 6.04 Å². The summed E-state index contributed by atoms with van der Waals surface area (Å²) in [6.45, 7) is 2.62. The Kier molecular flexibility index (Phi) is 3.18. The highest BCUT2D eigenvalue weighted by molar-refractivity contribution is 9.10. The number of hydrogen-bond donors (Lipinski definition) is 1. The topological polar surface area (TPSA) is 56.7 Å². The van der Waals surface area contributed by atoms with E-state index in [2.05, 4.69) is 37.5 Å². The van der Waals surface area contributed by atoms with Crippen molar-refractivity contribution in [3.63, 3.8) is 0 Å². The molecule has 1 atom stereocenters. The highest BCUT2D eigenvalue weighted by Gasteiger charge is 2.06. The lowest BCUT2D eigenvalue weighted by Gasteiger charge is -1.98. The van der Waals surface area contributed by atoms with Gasteiger partial charge < -0.3 is 5.73 Å². The molecule has 80 valence electrons. The summed E-state index contributed by atoms with van der Waals surface area (Å²) >= 11 is 5.11. The molecule has 0 radical (unpaired) electrons. The van der Waals surface area contributed by atoms with E-state index < -0.39 is 0 Å². The summed E-state index contributed by atoms with van der Waals surface area (Å²) in [5.74, 6) is 0.686. The Labute approximate surface area is 100 Å². The van der Waals surface area contributed by atoms with Crippen LogP contribution in [0.15, 0.2) is 22.2 Å². The third-order valence-electron chi connectivity index (χ3n) is 1.90. The number of halogens is 1. The van der Waals surface area contributed by atoms with Gasteiger partial charge in [-0.05, 0) is 28.9 Å². The lowest BCUT2D eigenvalue weighted by molar-refractivity contribution is 0.654. The third kappa shape index (κ3) is 2.64. The summed E-state index contributed by atoms with van der Waals surface area (Å²) in [5, 5.41) is 6.34. The molecule has 0 aromatic carbocycles. The van der Waals surface area contributed by atoms with Crippen LogP contribution >= 0.6 is 27.3 Å². The van der Waals surface area contributed by atoms with E-state index in [0.717, 1.165) is 11.0 Å². The van der Waals surface area contributed by atoms with Crippen LogP contribution in [0, 0.1) is 0 Å². The normalized spacial score (nSPS) is 13.0. The van der Waals surface area contributed by atoms with Gasteiger partial charge in [0.25, 0.3) is 0 Å². The summed E-state index contributed by atoms with van der Waals surface area (Å²) in [4.78, 5) is 5.38. The largest absolute Gasteiger partial charge is 0.321 e. The van der Waals surface area contributed by atoms with Gasteiger partial charge in [-0.3, -0.25) is 0 Å². The monoisotopic (exact) mass is 286 g/mol. The maximum atomic E-state index is 5.68. The summed E-state index contributed by atoms with van der Waals surface area (Å²) < 4.78 is 2.91. The molecule has 2 aromatic heterocycles. The van der Waals surface area contributed by atoms with Crippen LogP contribution in [0.1, 0.15) is 23.7 Å². The third-order valence-corrected chi connectivity index (χ3v) is 3.58. The second-order valence-electron chi connectivity index (χ2n) is 3.32. The lowest BCUT2D eigenvalue weighted by atomic mass is 10.3. The molecule has 0 aliphatic carbocycles. The molecule has 0 aliphatic heterocycles. The Morgan fingerprint density at radius 2 is 2.47 bits per heavy atom. The van der Waals surface area contributed by atoms with Crippen LogP contribution in [0.3, 0.4) is 0 Å². The minimum atomic E-state index is -0.110. The molecule has 2 N–H and O–H groups in total. The zero-order chi connectivity index (χ0) is 10.8. The van der Waals surface area contributed by atoms with Gasteiger partial charge in [-0.25, -0.2) is 9.67 Å². The van der Waals surface area contributed by atoms with Gasteiger partial charge in [-0.1, -0.05) is 0 Å². The highest BCUT2D eigenvalue weighted by Crippen LogP contribution is 2.20. The maximum Gasteiger partial charge on any atom is 0.166 e. The van der Waals surface area contributed by atoms with Crippen LogP contribution in [0.4, 0.5) is 0 Å². The van der Waals surface area contributed by atoms with E-state index in [1.165, 1.54) is 4.88 Å². The van der Waals surface area contributed by atoms with Gasteiger partial charge in [-0.15, -0.1) is 11.3 Å². The predicted molar refractivity (Wildman–Crippen MR) is 63.7 cm³/mol. The second kappa shape index (κ2) is 4.42. The standard InChI is InChI=1S/C9H11BrN4S/c1-6(11)9-12-5-14(13-9)3-8-2-7(10)4-15-8/h2,4-6H,3,11H2,1H3. The van der Waals surface area contributed by atoms with Gasteiger partial charge in [0, 0.05) is 14.7 Å². The molecule has 2 aromatic rings. The fourth-order valence-corrected chi connectivity index (χ4v) is 2.63. The molecule has 0 amide bonds. The van der Waals surface area contributed by atoms with Gasteiger partial charge >= 0.3 is 0 Å². The van der Waals surface area contributed by atoms with E-state index in [9.17, 15) is 0 Å².